The van der Waals surface area contributed by atoms with E-state index in [0.717, 1.165) is 37.4 Å². The van der Waals surface area contributed by atoms with E-state index in [4.69, 9.17) is 10.00 Å². The van der Waals surface area contributed by atoms with Gasteiger partial charge in [-0.05, 0) is 26.8 Å². The van der Waals surface area contributed by atoms with Crippen molar-refractivity contribution in [3.63, 3.8) is 0 Å². The van der Waals surface area contributed by atoms with Gasteiger partial charge in [-0.15, -0.1) is 0 Å². The van der Waals surface area contributed by atoms with Gasteiger partial charge in [-0.1, -0.05) is 6.07 Å². The van der Waals surface area contributed by atoms with Crippen molar-refractivity contribution in [2.45, 2.75) is 51.5 Å². The van der Waals surface area contributed by atoms with Crippen LogP contribution in [0.3, 0.4) is 0 Å². The van der Waals surface area contributed by atoms with E-state index in [9.17, 15) is 0 Å². The third-order valence-corrected chi connectivity index (χ3v) is 6.29. The molecule has 1 aromatic carbocycles. The average molecular weight is 437 g/mol. The zero-order valence-electron chi connectivity index (χ0n) is 19.2. The predicted octanol–water partition coefficient (Wildman–Crippen LogP) is 2.25. The predicted molar refractivity (Wildman–Crippen MR) is 124 cm³/mol. The van der Waals surface area contributed by atoms with Gasteiger partial charge in [0.05, 0.1) is 31.7 Å². The summed E-state index contributed by atoms with van der Waals surface area (Å²) in [5.41, 5.74) is 9.24. The fourth-order valence-corrected chi connectivity index (χ4v) is 4.65. The lowest BCUT2D eigenvalue weighted by molar-refractivity contribution is 0.148. The molecule has 0 amide bonds. The van der Waals surface area contributed by atoms with Crippen LogP contribution in [0.15, 0.2) is 30.6 Å². The fraction of sp³-hybridized carbons (Fsp3) is 0.522. The molecule has 170 valence electrons. The van der Waals surface area contributed by atoms with Crippen molar-refractivity contribution < 1.29 is 4.74 Å². The minimum atomic E-state index is -0.0171. The number of hydrogen-bond donors (Lipinski definition) is 3. The van der Waals surface area contributed by atoms with Gasteiger partial charge in [0.25, 0.3) is 0 Å². The number of rotatable bonds is 6. The molecular weight excluding hydrogens is 404 g/mol. The lowest BCUT2D eigenvalue weighted by Gasteiger charge is -2.43. The first-order valence-electron chi connectivity index (χ1n) is 11.2. The summed E-state index contributed by atoms with van der Waals surface area (Å²) in [7, 11) is 1.73. The number of ether oxygens (including phenoxy) is 1. The Kier molecular flexibility index (Phi) is 6.74. The highest BCUT2D eigenvalue weighted by Gasteiger charge is 2.29. The molecule has 0 radical (unpaired) electrons. The van der Waals surface area contributed by atoms with Crippen molar-refractivity contribution in [2.75, 3.05) is 37.0 Å². The zero-order valence-corrected chi connectivity index (χ0v) is 19.2. The van der Waals surface area contributed by atoms with Gasteiger partial charge in [-0.3, -0.25) is 4.90 Å². The molecule has 1 aromatic heterocycles. The van der Waals surface area contributed by atoms with Crippen molar-refractivity contribution in [2.24, 2.45) is 0 Å². The zero-order chi connectivity index (χ0) is 22.7. The molecule has 2 unspecified atom stereocenters. The lowest BCUT2D eigenvalue weighted by Crippen LogP contribution is -2.54. The maximum atomic E-state index is 8.86. The van der Waals surface area contributed by atoms with Gasteiger partial charge in [0.2, 0.25) is 0 Å². The van der Waals surface area contributed by atoms with Crippen LogP contribution in [0, 0.1) is 11.3 Å². The summed E-state index contributed by atoms with van der Waals surface area (Å²) in [5, 5.41) is 12.2. The van der Waals surface area contributed by atoms with Gasteiger partial charge in [0.1, 0.15) is 17.6 Å². The Morgan fingerprint density at radius 3 is 2.72 bits per heavy atom. The number of hydrogen-bond acceptors (Lipinski definition) is 9. The topological polar surface area (TPSA) is 101 Å². The van der Waals surface area contributed by atoms with Gasteiger partial charge in [0, 0.05) is 55.5 Å². The van der Waals surface area contributed by atoms with Crippen molar-refractivity contribution in [1.29, 1.82) is 5.26 Å². The van der Waals surface area contributed by atoms with Crippen molar-refractivity contribution in [3.05, 3.63) is 41.9 Å². The summed E-state index contributed by atoms with van der Waals surface area (Å²) in [4.78, 5) is 13.3. The maximum Gasteiger partial charge on any atom is 0.158 e. The fourth-order valence-electron chi connectivity index (χ4n) is 4.65. The number of nitrogens with one attached hydrogen (secondary N) is 3. The molecule has 32 heavy (non-hydrogen) atoms. The summed E-state index contributed by atoms with van der Waals surface area (Å²) >= 11 is 0. The molecule has 0 aliphatic carbocycles. The Hall–Kier alpha value is -2.93. The number of nitriles is 1. The summed E-state index contributed by atoms with van der Waals surface area (Å²) < 4.78 is 5.78. The average Bonchev–Trinajstić information content (AvgIpc) is 3.27. The highest BCUT2D eigenvalue weighted by molar-refractivity contribution is 5.55. The summed E-state index contributed by atoms with van der Waals surface area (Å²) in [6.45, 7) is 9.94. The van der Waals surface area contributed by atoms with Crippen LogP contribution >= 0.6 is 0 Å². The van der Waals surface area contributed by atoms with E-state index < -0.39 is 0 Å². The molecule has 9 nitrogen and oxygen atoms in total. The summed E-state index contributed by atoms with van der Waals surface area (Å²) in [5.74, 6) is 1.51. The van der Waals surface area contributed by atoms with Gasteiger partial charge in [-0.25, -0.2) is 20.8 Å². The monoisotopic (exact) mass is 436 g/mol. The van der Waals surface area contributed by atoms with Crippen molar-refractivity contribution >= 4 is 11.5 Å². The number of hydrazine groups is 1. The molecule has 3 atom stereocenters. The molecule has 2 saturated heterocycles. The molecule has 3 heterocycles. The summed E-state index contributed by atoms with van der Waals surface area (Å²) in [6, 6.07) is 9.68. The molecule has 4 rings (SSSR count). The third kappa shape index (κ3) is 4.78. The molecular formula is C23H32N8O. The van der Waals surface area contributed by atoms with Gasteiger partial charge in [-0.2, -0.15) is 5.26 Å². The lowest BCUT2D eigenvalue weighted by atomic mass is 10.0. The highest BCUT2D eigenvalue weighted by atomic mass is 16.5. The number of nitrogens with zero attached hydrogens (tertiary/aromatic N) is 5. The highest BCUT2D eigenvalue weighted by Crippen LogP contribution is 2.34. The smallest absolute Gasteiger partial charge is 0.158 e. The Bertz CT molecular complexity index is 957. The maximum absolute atomic E-state index is 8.86. The first-order chi connectivity index (χ1) is 15.5. The number of anilines is 2. The second-order valence-electron chi connectivity index (χ2n) is 8.73. The molecule has 2 aliphatic heterocycles. The van der Waals surface area contributed by atoms with Crippen LogP contribution in [-0.2, 0) is 0 Å². The molecule has 0 saturated carbocycles. The van der Waals surface area contributed by atoms with E-state index in [0.29, 0.717) is 23.6 Å². The standard InChI is InChI=1S/C23H32N8O/c1-15(2)31-8-7-30(14-16(31)3)18-5-6-19(21(9-18)32-4)20-10-22(29-28-20)27-23-13-25-17(11-24)12-26-23/h5-6,9,12-13,15-16,20,22,28-29H,7-8,10,14H2,1-4H3,(H,26,27)/t16-,20?,22?/m1/s1. The van der Waals surface area contributed by atoms with Crippen molar-refractivity contribution in [1.82, 2.24) is 25.7 Å². The second-order valence-corrected chi connectivity index (χ2v) is 8.73. The molecule has 2 aromatic rings. The molecule has 2 aliphatic rings. The van der Waals surface area contributed by atoms with Crippen molar-refractivity contribution in [3.8, 4) is 11.8 Å². The van der Waals surface area contributed by atoms with Gasteiger partial charge in [0.15, 0.2) is 5.69 Å². The Labute approximate surface area is 189 Å². The van der Waals surface area contributed by atoms with Gasteiger partial charge < -0.3 is 15.0 Å². The van der Waals surface area contributed by atoms with E-state index in [1.807, 2.05) is 6.07 Å². The van der Waals surface area contributed by atoms with E-state index >= 15 is 0 Å². The number of piperazine rings is 1. The Balaban J connectivity index is 1.41. The van der Waals surface area contributed by atoms with E-state index in [1.165, 1.54) is 11.9 Å². The van der Waals surface area contributed by atoms with Crippen LogP contribution in [-0.4, -0.2) is 59.9 Å². The quantitative estimate of drug-likeness (QED) is 0.629. The van der Waals surface area contributed by atoms with E-state index in [2.05, 4.69) is 74.9 Å². The molecule has 2 fully saturated rings. The van der Waals surface area contributed by atoms with Gasteiger partial charge >= 0.3 is 0 Å². The molecule has 0 bridgehead atoms. The minimum absolute atomic E-state index is 0.0171. The second kappa shape index (κ2) is 9.69. The number of methoxy groups -OCH3 is 1. The molecule has 9 heteroatoms. The minimum Gasteiger partial charge on any atom is -0.496 e. The normalized spacial score (nSPS) is 23.9. The SMILES string of the molecule is COc1cc(N2CCN(C(C)C)[C@H](C)C2)ccc1C1CC(Nc2cnc(C#N)cn2)NN1. The van der Waals surface area contributed by atoms with Crippen LogP contribution in [0.1, 0.15) is 44.5 Å². The van der Waals surface area contributed by atoms with Crippen LogP contribution < -0.4 is 25.8 Å². The first-order valence-corrected chi connectivity index (χ1v) is 11.2. The third-order valence-electron chi connectivity index (χ3n) is 6.29. The van der Waals surface area contributed by atoms with Crippen LogP contribution in [0.4, 0.5) is 11.5 Å². The first kappa shape index (κ1) is 22.3. The number of benzene rings is 1. The Morgan fingerprint density at radius 1 is 1.22 bits per heavy atom. The Morgan fingerprint density at radius 2 is 2.06 bits per heavy atom. The largest absolute Gasteiger partial charge is 0.496 e. The molecule has 0 spiro atoms. The number of aromatic nitrogens is 2. The van der Waals surface area contributed by atoms with Crippen LogP contribution in [0.5, 0.6) is 5.75 Å². The molecule has 3 N–H and O–H groups in total. The van der Waals surface area contributed by atoms with E-state index in [-0.39, 0.29) is 12.2 Å². The van der Waals surface area contributed by atoms with Crippen LogP contribution in [0.2, 0.25) is 0 Å². The summed E-state index contributed by atoms with van der Waals surface area (Å²) in [6.07, 6.45) is 3.83. The van der Waals surface area contributed by atoms with E-state index in [1.54, 1.807) is 13.3 Å². The van der Waals surface area contributed by atoms with Crippen LogP contribution in [0.25, 0.3) is 0 Å².